The van der Waals surface area contributed by atoms with E-state index in [4.69, 9.17) is 0 Å². The molecule has 0 unspecified atom stereocenters. The Morgan fingerprint density at radius 1 is 1.15 bits per heavy atom. The van der Waals surface area contributed by atoms with Crippen LogP contribution in [0, 0.1) is 5.92 Å². The Bertz CT molecular complexity index is 740. The van der Waals surface area contributed by atoms with Gasteiger partial charge in [0.15, 0.2) is 0 Å². The summed E-state index contributed by atoms with van der Waals surface area (Å²) in [6.07, 6.45) is 6.71. The predicted molar refractivity (Wildman–Crippen MR) is 97.9 cm³/mol. The lowest BCUT2D eigenvalue weighted by Gasteiger charge is -2.33. The Kier molecular flexibility index (Phi) is 5.65. The van der Waals surface area contributed by atoms with Gasteiger partial charge in [0.05, 0.1) is 0 Å². The summed E-state index contributed by atoms with van der Waals surface area (Å²) in [5.74, 6) is 0.606. The van der Waals surface area contributed by atoms with Crippen LogP contribution in [0.4, 0.5) is 0 Å². The fraction of sp³-hybridized carbons (Fsp3) is 0.474. The Balaban J connectivity index is 1.59. The number of hydrogen-bond acceptors (Lipinski definition) is 4. The van der Waals surface area contributed by atoms with Gasteiger partial charge in [-0.1, -0.05) is 0 Å². The molecule has 0 spiro atoms. The van der Waals surface area contributed by atoms with Gasteiger partial charge in [0.2, 0.25) is 5.91 Å². The summed E-state index contributed by atoms with van der Waals surface area (Å²) in [7, 11) is 3.56. The van der Waals surface area contributed by atoms with Gasteiger partial charge in [-0.3, -0.25) is 14.2 Å². The molecule has 2 aromatic rings. The zero-order valence-corrected chi connectivity index (χ0v) is 15.3. The topological polar surface area (TPSA) is 71.3 Å². The van der Waals surface area contributed by atoms with Crippen LogP contribution >= 0.6 is 0 Å². The minimum Gasteiger partial charge on any atom is -0.349 e. The van der Waals surface area contributed by atoms with E-state index in [0.29, 0.717) is 17.9 Å². The monoisotopic (exact) mass is 355 g/mol. The van der Waals surface area contributed by atoms with Crippen molar-refractivity contribution in [3.05, 3.63) is 42.5 Å². The van der Waals surface area contributed by atoms with Crippen LogP contribution in [0.2, 0.25) is 0 Å². The lowest BCUT2D eigenvalue weighted by atomic mass is 9.92. The molecule has 0 aliphatic carbocycles. The smallest absolute Gasteiger partial charge is 0.253 e. The summed E-state index contributed by atoms with van der Waals surface area (Å²) >= 11 is 0. The zero-order valence-electron chi connectivity index (χ0n) is 15.3. The lowest BCUT2D eigenvalue weighted by Crippen LogP contribution is -2.40. The summed E-state index contributed by atoms with van der Waals surface area (Å²) < 4.78 is 1.80. The first-order valence-electron chi connectivity index (χ1n) is 8.99. The first-order valence-corrected chi connectivity index (χ1v) is 8.99. The maximum atomic E-state index is 12.8. The Morgan fingerprint density at radius 2 is 1.85 bits per heavy atom. The zero-order chi connectivity index (χ0) is 18.5. The normalized spacial score (nSPS) is 17.2. The quantitative estimate of drug-likeness (QED) is 0.822. The predicted octanol–water partition coefficient (Wildman–Crippen LogP) is 1.99. The van der Waals surface area contributed by atoms with Gasteiger partial charge in [-0.25, -0.2) is 0 Å². The van der Waals surface area contributed by atoms with Crippen LogP contribution in [0.3, 0.4) is 0 Å². The second-order valence-electron chi connectivity index (χ2n) is 7.00. The molecule has 1 saturated heterocycles. The third-order valence-corrected chi connectivity index (χ3v) is 4.90. The number of carbonyl (C=O) groups excluding carboxylic acids is 2. The SMILES string of the molecule is CN(C)C(=O)CC[C@H]1CCCN(C(=O)c2ccc(-n3cnnc3)cc2)C1. The van der Waals surface area contributed by atoms with E-state index in [2.05, 4.69) is 10.2 Å². The number of nitrogens with zero attached hydrogens (tertiary/aromatic N) is 5. The Hall–Kier alpha value is -2.70. The molecule has 1 atom stereocenters. The van der Waals surface area contributed by atoms with E-state index < -0.39 is 0 Å². The number of carbonyl (C=O) groups is 2. The molecule has 7 nitrogen and oxygen atoms in total. The molecular formula is C19H25N5O2. The third kappa shape index (κ3) is 4.28. The molecular weight excluding hydrogens is 330 g/mol. The van der Waals surface area contributed by atoms with Gasteiger partial charge in [-0.15, -0.1) is 10.2 Å². The minimum atomic E-state index is 0.0592. The fourth-order valence-electron chi connectivity index (χ4n) is 3.33. The molecule has 0 N–H and O–H groups in total. The van der Waals surface area contributed by atoms with E-state index >= 15 is 0 Å². The van der Waals surface area contributed by atoms with Gasteiger partial charge in [0.25, 0.3) is 5.91 Å². The van der Waals surface area contributed by atoms with Crippen molar-refractivity contribution in [2.24, 2.45) is 5.92 Å². The van der Waals surface area contributed by atoms with Gasteiger partial charge >= 0.3 is 0 Å². The number of amides is 2. The first-order chi connectivity index (χ1) is 12.5. The molecule has 0 bridgehead atoms. The van der Waals surface area contributed by atoms with Crippen molar-refractivity contribution >= 4 is 11.8 Å². The van der Waals surface area contributed by atoms with Crippen LogP contribution in [-0.2, 0) is 4.79 Å². The number of benzene rings is 1. The van der Waals surface area contributed by atoms with Crippen molar-refractivity contribution in [1.82, 2.24) is 24.6 Å². The highest BCUT2D eigenvalue weighted by atomic mass is 16.2. The van der Waals surface area contributed by atoms with E-state index in [1.165, 1.54) is 0 Å². The summed E-state index contributed by atoms with van der Waals surface area (Å²) in [4.78, 5) is 28.1. The second kappa shape index (κ2) is 8.12. The molecule has 3 rings (SSSR count). The lowest BCUT2D eigenvalue weighted by molar-refractivity contribution is -0.129. The van der Waals surface area contributed by atoms with E-state index in [0.717, 1.165) is 38.0 Å². The van der Waals surface area contributed by atoms with Gasteiger partial charge < -0.3 is 9.80 Å². The Morgan fingerprint density at radius 3 is 2.50 bits per heavy atom. The second-order valence-corrected chi connectivity index (χ2v) is 7.00. The third-order valence-electron chi connectivity index (χ3n) is 4.90. The van der Waals surface area contributed by atoms with Gasteiger partial charge in [0.1, 0.15) is 12.7 Å². The molecule has 2 heterocycles. The van der Waals surface area contributed by atoms with Crippen LogP contribution in [0.15, 0.2) is 36.9 Å². The maximum Gasteiger partial charge on any atom is 0.253 e. The standard InChI is InChI=1S/C19H25N5O2/c1-22(2)18(25)10-5-15-4-3-11-23(12-15)19(26)16-6-8-17(9-7-16)24-13-20-21-14-24/h6-9,13-15H,3-5,10-12H2,1-2H3/t15-/m1/s1. The molecule has 0 radical (unpaired) electrons. The van der Waals surface area contributed by atoms with Crippen LogP contribution in [0.5, 0.6) is 0 Å². The van der Waals surface area contributed by atoms with Crippen LogP contribution < -0.4 is 0 Å². The number of piperidine rings is 1. The van der Waals surface area contributed by atoms with Gasteiger partial charge in [-0.2, -0.15) is 0 Å². The molecule has 26 heavy (non-hydrogen) atoms. The van der Waals surface area contributed by atoms with Crippen molar-refractivity contribution in [3.8, 4) is 5.69 Å². The first kappa shape index (κ1) is 18.1. The molecule has 0 saturated carbocycles. The maximum absolute atomic E-state index is 12.8. The van der Waals surface area contributed by atoms with Crippen molar-refractivity contribution in [2.45, 2.75) is 25.7 Å². The molecule has 1 aromatic carbocycles. The summed E-state index contributed by atoms with van der Waals surface area (Å²) in [6, 6.07) is 7.48. The highest BCUT2D eigenvalue weighted by molar-refractivity contribution is 5.94. The summed E-state index contributed by atoms with van der Waals surface area (Å²) in [5, 5.41) is 7.58. The molecule has 2 amide bonds. The van der Waals surface area contributed by atoms with Crippen LogP contribution in [0.25, 0.3) is 5.69 Å². The highest BCUT2D eigenvalue weighted by Gasteiger charge is 2.25. The largest absolute Gasteiger partial charge is 0.349 e. The van der Waals surface area contributed by atoms with Crippen molar-refractivity contribution in [3.63, 3.8) is 0 Å². The van der Waals surface area contributed by atoms with E-state index in [1.807, 2.05) is 29.2 Å². The summed E-state index contributed by atoms with van der Waals surface area (Å²) in [6.45, 7) is 1.51. The fourth-order valence-corrected chi connectivity index (χ4v) is 3.33. The van der Waals surface area contributed by atoms with Gasteiger partial charge in [0, 0.05) is 44.9 Å². The van der Waals surface area contributed by atoms with Crippen LogP contribution in [-0.4, -0.2) is 63.6 Å². The van der Waals surface area contributed by atoms with E-state index in [9.17, 15) is 9.59 Å². The molecule has 1 fully saturated rings. The van der Waals surface area contributed by atoms with Crippen molar-refractivity contribution in [1.29, 1.82) is 0 Å². The van der Waals surface area contributed by atoms with Gasteiger partial charge in [-0.05, 0) is 49.4 Å². The van der Waals surface area contributed by atoms with E-state index in [1.54, 1.807) is 36.2 Å². The minimum absolute atomic E-state index is 0.0592. The molecule has 1 aliphatic rings. The summed E-state index contributed by atoms with van der Waals surface area (Å²) in [5.41, 5.74) is 1.61. The van der Waals surface area contributed by atoms with Crippen molar-refractivity contribution < 1.29 is 9.59 Å². The molecule has 1 aromatic heterocycles. The molecule has 138 valence electrons. The van der Waals surface area contributed by atoms with E-state index in [-0.39, 0.29) is 11.8 Å². The average molecular weight is 355 g/mol. The number of rotatable bonds is 5. The Labute approximate surface area is 153 Å². The van der Waals surface area contributed by atoms with Crippen LogP contribution in [0.1, 0.15) is 36.0 Å². The molecule has 7 heteroatoms. The number of hydrogen-bond donors (Lipinski definition) is 0. The van der Waals surface area contributed by atoms with Crippen molar-refractivity contribution in [2.75, 3.05) is 27.2 Å². The molecule has 1 aliphatic heterocycles. The average Bonchev–Trinajstić information content (AvgIpc) is 3.20. The number of likely N-dealkylation sites (tertiary alicyclic amines) is 1. The highest BCUT2D eigenvalue weighted by Crippen LogP contribution is 2.23. The number of aromatic nitrogens is 3.